The minimum Gasteiger partial charge on any atom is -0.481 e. The molecular formula is C13H21F3N2O3. The van der Waals surface area contributed by atoms with E-state index in [0.717, 1.165) is 6.42 Å². The summed E-state index contributed by atoms with van der Waals surface area (Å²) in [5, 5.41) is 11.0. The van der Waals surface area contributed by atoms with Crippen molar-refractivity contribution in [1.29, 1.82) is 0 Å². The molecule has 1 aliphatic rings. The Morgan fingerprint density at radius 1 is 1.29 bits per heavy atom. The number of rotatable bonds is 5. The van der Waals surface area contributed by atoms with Crippen molar-refractivity contribution in [3.63, 3.8) is 0 Å². The number of carboxylic acids is 1. The third-order valence-electron chi connectivity index (χ3n) is 3.85. The van der Waals surface area contributed by atoms with E-state index in [1.807, 2.05) is 0 Å². The van der Waals surface area contributed by atoms with Crippen LogP contribution in [0.4, 0.5) is 18.0 Å². The third-order valence-corrected chi connectivity index (χ3v) is 3.85. The molecule has 0 aromatic heterocycles. The number of carbonyl (C=O) groups is 2. The SMILES string of the molecule is CN(CCC(=O)O)C(=O)NC[C@H]1CCCC[C@H]1C(F)(F)F. The van der Waals surface area contributed by atoms with Gasteiger partial charge in [-0.1, -0.05) is 12.8 Å². The Morgan fingerprint density at radius 3 is 2.48 bits per heavy atom. The standard InChI is InChI=1S/C13H21F3N2O3/c1-18(7-6-11(19)20)12(21)17-8-9-4-2-3-5-10(9)13(14,15)16/h9-10H,2-8H2,1H3,(H,17,21)(H,19,20)/t9-,10-/m1/s1. The number of amides is 2. The number of halogens is 3. The van der Waals surface area contributed by atoms with Crippen molar-refractivity contribution in [3.8, 4) is 0 Å². The number of carbonyl (C=O) groups excluding carboxylic acids is 1. The van der Waals surface area contributed by atoms with E-state index in [1.54, 1.807) is 0 Å². The second-order valence-electron chi connectivity index (χ2n) is 5.44. The van der Waals surface area contributed by atoms with Crippen LogP contribution in [0, 0.1) is 11.8 Å². The topological polar surface area (TPSA) is 69.6 Å². The van der Waals surface area contributed by atoms with Crippen molar-refractivity contribution in [2.75, 3.05) is 20.1 Å². The highest BCUT2D eigenvalue weighted by molar-refractivity contribution is 5.74. The van der Waals surface area contributed by atoms with Crippen LogP contribution in [0.15, 0.2) is 0 Å². The van der Waals surface area contributed by atoms with Crippen LogP contribution in [-0.4, -0.2) is 48.3 Å². The lowest BCUT2D eigenvalue weighted by atomic mass is 9.79. The predicted molar refractivity (Wildman–Crippen MR) is 69.8 cm³/mol. The number of urea groups is 1. The molecule has 0 radical (unpaired) electrons. The first-order chi connectivity index (χ1) is 9.71. The maximum atomic E-state index is 12.9. The number of hydrogen-bond acceptors (Lipinski definition) is 2. The molecule has 1 fully saturated rings. The highest BCUT2D eigenvalue weighted by Gasteiger charge is 2.45. The van der Waals surface area contributed by atoms with Gasteiger partial charge in [0.25, 0.3) is 0 Å². The second-order valence-corrected chi connectivity index (χ2v) is 5.44. The zero-order valence-electron chi connectivity index (χ0n) is 11.9. The summed E-state index contributed by atoms with van der Waals surface area (Å²) in [7, 11) is 1.42. The molecule has 0 aromatic carbocycles. The first-order valence-corrected chi connectivity index (χ1v) is 6.99. The van der Waals surface area contributed by atoms with Crippen LogP contribution in [0.3, 0.4) is 0 Å². The van der Waals surface area contributed by atoms with Crippen molar-refractivity contribution in [2.24, 2.45) is 11.8 Å². The van der Waals surface area contributed by atoms with Gasteiger partial charge in [0.15, 0.2) is 0 Å². The highest BCUT2D eigenvalue weighted by Crippen LogP contribution is 2.41. The van der Waals surface area contributed by atoms with E-state index >= 15 is 0 Å². The van der Waals surface area contributed by atoms with E-state index in [4.69, 9.17) is 5.11 Å². The molecule has 21 heavy (non-hydrogen) atoms. The maximum absolute atomic E-state index is 12.9. The fraction of sp³-hybridized carbons (Fsp3) is 0.846. The summed E-state index contributed by atoms with van der Waals surface area (Å²) in [5.41, 5.74) is 0. The minimum atomic E-state index is -4.23. The molecule has 0 aromatic rings. The van der Waals surface area contributed by atoms with E-state index in [0.29, 0.717) is 12.8 Å². The molecule has 0 unspecified atom stereocenters. The Morgan fingerprint density at radius 2 is 1.90 bits per heavy atom. The van der Waals surface area contributed by atoms with Gasteiger partial charge in [0, 0.05) is 20.1 Å². The molecule has 2 N–H and O–H groups in total. The summed E-state index contributed by atoms with van der Waals surface area (Å²) in [6.45, 7) is -0.00501. The summed E-state index contributed by atoms with van der Waals surface area (Å²) in [5.74, 6) is -2.99. The van der Waals surface area contributed by atoms with Crippen LogP contribution in [0.5, 0.6) is 0 Å². The molecule has 0 bridgehead atoms. The van der Waals surface area contributed by atoms with Crippen LogP contribution in [0.1, 0.15) is 32.1 Å². The lowest BCUT2D eigenvalue weighted by molar-refractivity contribution is -0.195. The molecule has 0 heterocycles. The van der Waals surface area contributed by atoms with Gasteiger partial charge in [0.05, 0.1) is 12.3 Å². The first kappa shape index (κ1) is 17.6. The number of hydrogen-bond donors (Lipinski definition) is 2. The third kappa shape index (κ3) is 5.81. The Balaban J connectivity index is 2.44. The van der Waals surface area contributed by atoms with Gasteiger partial charge in [0.1, 0.15) is 0 Å². The fourth-order valence-electron chi connectivity index (χ4n) is 2.60. The summed E-state index contributed by atoms with van der Waals surface area (Å²) < 4.78 is 38.7. The average Bonchev–Trinajstić information content (AvgIpc) is 2.41. The zero-order valence-corrected chi connectivity index (χ0v) is 11.9. The van der Waals surface area contributed by atoms with Gasteiger partial charge in [-0.15, -0.1) is 0 Å². The molecule has 1 rings (SSSR count). The van der Waals surface area contributed by atoms with Gasteiger partial charge < -0.3 is 15.3 Å². The lowest BCUT2D eigenvalue weighted by Crippen LogP contribution is -2.44. The Kier molecular flexibility index (Phi) is 6.29. The number of aliphatic carboxylic acids is 1. The molecule has 1 aliphatic carbocycles. The normalized spacial score (nSPS) is 22.7. The molecule has 0 spiro atoms. The second kappa shape index (κ2) is 7.51. The smallest absolute Gasteiger partial charge is 0.392 e. The fourth-order valence-corrected chi connectivity index (χ4v) is 2.60. The summed E-state index contributed by atoms with van der Waals surface area (Å²) in [4.78, 5) is 23.3. The monoisotopic (exact) mass is 310 g/mol. The zero-order chi connectivity index (χ0) is 16.0. The molecule has 0 aliphatic heterocycles. The number of nitrogens with zero attached hydrogens (tertiary/aromatic N) is 1. The lowest BCUT2D eigenvalue weighted by Gasteiger charge is -2.33. The van der Waals surface area contributed by atoms with Crippen molar-refractivity contribution in [2.45, 2.75) is 38.3 Å². The Bertz CT molecular complexity index is 374. The minimum absolute atomic E-state index is 0.0224. The van der Waals surface area contributed by atoms with Gasteiger partial charge in [-0.25, -0.2) is 4.79 Å². The Labute approximate surface area is 121 Å². The molecule has 1 saturated carbocycles. The molecule has 122 valence electrons. The first-order valence-electron chi connectivity index (χ1n) is 6.99. The van der Waals surface area contributed by atoms with Crippen LogP contribution in [0.25, 0.3) is 0 Å². The molecule has 5 nitrogen and oxygen atoms in total. The largest absolute Gasteiger partial charge is 0.481 e. The van der Waals surface area contributed by atoms with Crippen molar-refractivity contribution >= 4 is 12.0 Å². The van der Waals surface area contributed by atoms with E-state index in [1.165, 1.54) is 11.9 Å². The molecule has 8 heteroatoms. The van der Waals surface area contributed by atoms with Crippen molar-refractivity contribution in [1.82, 2.24) is 10.2 Å². The van der Waals surface area contributed by atoms with Crippen molar-refractivity contribution in [3.05, 3.63) is 0 Å². The number of carboxylic acid groups (broad SMARTS) is 1. The van der Waals surface area contributed by atoms with Gasteiger partial charge >= 0.3 is 18.2 Å². The van der Waals surface area contributed by atoms with Crippen LogP contribution >= 0.6 is 0 Å². The number of nitrogens with one attached hydrogen (secondary N) is 1. The van der Waals surface area contributed by atoms with Crippen molar-refractivity contribution < 1.29 is 27.9 Å². The van der Waals surface area contributed by atoms with E-state index in [2.05, 4.69) is 5.32 Å². The number of alkyl halides is 3. The van der Waals surface area contributed by atoms with Gasteiger partial charge in [-0.05, 0) is 18.8 Å². The van der Waals surface area contributed by atoms with Crippen LogP contribution in [0.2, 0.25) is 0 Å². The van der Waals surface area contributed by atoms with E-state index in [-0.39, 0.29) is 25.9 Å². The van der Waals surface area contributed by atoms with Crippen LogP contribution in [-0.2, 0) is 4.79 Å². The highest BCUT2D eigenvalue weighted by atomic mass is 19.4. The predicted octanol–water partition coefficient (Wildman–Crippen LogP) is 2.47. The van der Waals surface area contributed by atoms with Crippen LogP contribution < -0.4 is 5.32 Å². The molecule has 2 amide bonds. The average molecular weight is 310 g/mol. The van der Waals surface area contributed by atoms with Gasteiger partial charge in [-0.2, -0.15) is 13.2 Å². The van der Waals surface area contributed by atoms with Gasteiger partial charge in [0.2, 0.25) is 0 Å². The molecule has 2 atom stereocenters. The molecular weight excluding hydrogens is 289 g/mol. The summed E-state index contributed by atoms with van der Waals surface area (Å²) in [6, 6.07) is -0.539. The maximum Gasteiger partial charge on any atom is 0.392 e. The summed E-state index contributed by atoms with van der Waals surface area (Å²) in [6.07, 6.45) is -2.57. The van der Waals surface area contributed by atoms with E-state index < -0.39 is 30.0 Å². The Hall–Kier alpha value is -1.47. The summed E-state index contributed by atoms with van der Waals surface area (Å²) >= 11 is 0. The quantitative estimate of drug-likeness (QED) is 0.819. The van der Waals surface area contributed by atoms with Gasteiger partial charge in [-0.3, -0.25) is 4.79 Å². The van der Waals surface area contributed by atoms with E-state index in [9.17, 15) is 22.8 Å². The molecule has 0 saturated heterocycles.